The van der Waals surface area contributed by atoms with E-state index >= 15 is 0 Å². The SMILES string of the molecule is CCCCCC/C=C\C/C=C\CCCCCCCC(=O)OC(COC(=O)CCCCCCCCC)COC(=O)CCCCCCCCCCCCCCCCCCCCCCC/C=C\CCCCCCCCCC. The monoisotopic (exact) mass is 1040 g/mol. The van der Waals surface area contributed by atoms with Crippen molar-refractivity contribution in [3.63, 3.8) is 0 Å². The Labute approximate surface area is 461 Å². The molecule has 1 atom stereocenters. The molecule has 0 heterocycles. The van der Waals surface area contributed by atoms with Gasteiger partial charge in [-0.25, -0.2) is 0 Å². The van der Waals surface area contributed by atoms with Crippen LogP contribution in [-0.4, -0.2) is 37.2 Å². The fourth-order valence-corrected chi connectivity index (χ4v) is 9.88. The summed E-state index contributed by atoms with van der Waals surface area (Å²) in [5, 5.41) is 0. The summed E-state index contributed by atoms with van der Waals surface area (Å²) < 4.78 is 16.8. The first kappa shape index (κ1) is 71.6. The van der Waals surface area contributed by atoms with E-state index in [4.69, 9.17) is 14.2 Å². The number of carbonyl (C=O) groups excluding carboxylic acids is 3. The first-order valence-corrected chi connectivity index (χ1v) is 33.0. The number of unbranched alkanes of at least 4 members (excludes halogenated alkanes) is 44. The third-order valence-electron chi connectivity index (χ3n) is 14.9. The lowest BCUT2D eigenvalue weighted by molar-refractivity contribution is -0.167. The zero-order valence-electron chi connectivity index (χ0n) is 49.9. The minimum absolute atomic E-state index is 0.0735. The third kappa shape index (κ3) is 60.5. The maximum atomic E-state index is 12.8. The first-order chi connectivity index (χ1) is 36.5. The Morgan fingerprint density at radius 1 is 0.270 bits per heavy atom. The van der Waals surface area contributed by atoms with E-state index in [9.17, 15) is 14.4 Å². The van der Waals surface area contributed by atoms with Crippen LogP contribution in [0.2, 0.25) is 0 Å². The summed E-state index contributed by atoms with van der Waals surface area (Å²) >= 11 is 0. The quantitative estimate of drug-likeness (QED) is 0.0261. The van der Waals surface area contributed by atoms with Crippen LogP contribution in [0.3, 0.4) is 0 Å². The molecule has 0 aliphatic heterocycles. The summed E-state index contributed by atoms with van der Waals surface area (Å²) in [4.78, 5) is 38.0. The fourth-order valence-electron chi connectivity index (χ4n) is 9.88. The fraction of sp³-hybridized carbons (Fsp3) is 0.868. The topological polar surface area (TPSA) is 78.9 Å². The molecule has 0 aliphatic carbocycles. The molecule has 0 fully saturated rings. The van der Waals surface area contributed by atoms with Crippen molar-refractivity contribution in [2.45, 2.75) is 367 Å². The molecule has 0 aliphatic rings. The van der Waals surface area contributed by atoms with Gasteiger partial charge in [-0.15, -0.1) is 0 Å². The lowest BCUT2D eigenvalue weighted by Gasteiger charge is -2.18. The van der Waals surface area contributed by atoms with Crippen molar-refractivity contribution in [1.29, 1.82) is 0 Å². The molecule has 1 unspecified atom stereocenters. The number of ether oxygens (including phenoxy) is 3. The van der Waals surface area contributed by atoms with E-state index in [0.717, 1.165) is 77.0 Å². The van der Waals surface area contributed by atoms with Gasteiger partial charge in [0.15, 0.2) is 6.10 Å². The van der Waals surface area contributed by atoms with Gasteiger partial charge in [-0.1, -0.05) is 301 Å². The van der Waals surface area contributed by atoms with E-state index in [0.29, 0.717) is 19.3 Å². The standard InChI is InChI=1S/C68H126O6/c1-4-7-10-13-16-18-20-22-24-26-27-28-29-30-31-32-33-34-35-36-37-38-39-40-41-42-44-45-47-49-52-55-58-61-67(70)73-64-65(63-72-66(69)60-57-54-51-15-12-9-6-3)74-68(71)62-59-56-53-50-48-46-43-25-23-21-19-17-14-11-8-5-2/h19,21,25-27,43,65H,4-18,20,22-24,28-42,44-64H2,1-3H3/b21-19-,27-26-,43-25-. The van der Waals surface area contributed by atoms with Crippen LogP contribution in [0.15, 0.2) is 36.5 Å². The molecule has 0 bridgehead atoms. The predicted molar refractivity (Wildman–Crippen MR) is 321 cm³/mol. The molecule has 6 nitrogen and oxygen atoms in total. The maximum Gasteiger partial charge on any atom is 0.306 e. The molecular weight excluding hydrogens is 913 g/mol. The van der Waals surface area contributed by atoms with E-state index < -0.39 is 6.10 Å². The zero-order chi connectivity index (χ0) is 53.6. The summed E-state index contributed by atoms with van der Waals surface area (Å²) in [6.07, 6.45) is 77.8. The summed E-state index contributed by atoms with van der Waals surface area (Å²) in [6, 6.07) is 0. The average molecular weight is 1040 g/mol. The molecule has 0 saturated heterocycles. The lowest BCUT2D eigenvalue weighted by atomic mass is 10.0. The van der Waals surface area contributed by atoms with Gasteiger partial charge in [0.1, 0.15) is 13.2 Å². The number of carbonyl (C=O) groups is 3. The van der Waals surface area contributed by atoms with Crippen LogP contribution in [-0.2, 0) is 28.6 Å². The van der Waals surface area contributed by atoms with Crippen LogP contribution in [0.25, 0.3) is 0 Å². The molecule has 0 rings (SSSR count). The molecule has 0 radical (unpaired) electrons. The van der Waals surface area contributed by atoms with Gasteiger partial charge < -0.3 is 14.2 Å². The molecule has 0 N–H and O–H groups in total. The van der Waals surface area contributed by atoms with Crippen LogP contribution in [0, 0.1) is 0 Å². The molecule has 0 aromatic rings. The van der Waals surface area contributed by atoms with Crippen LogP contribution in [0.1, 0.15) is 361 Å². The number of hydrogen-bond acceptors (Lipinski definition) is 6. The van der Waals surface area contributed by atoms with Gasteiger partial charge in [0.05, 0.1) is 0 Å². The number of esters is 3. The largest absolute Gasteiger partial charge is 0.462 e. The second-order valence-corrected chi connectivity index (χ2v) is 22.4. The molecule has 0 aromatic heterocycles. The summed E-state index contributed by atoms with van der Waals surface area (Å²) in [5.41, 5.74) is 0. The highest BCUT2D eigenvalue weighted by atomic mass is 16.6. The summed E-state index contributed by atoms with van der Waals surface area (Å²) in [6.45, 7) is 6.61. The van der Waals surface area contributed by atoms with Gasteiger partial charge in [-0.2, -0.15) is 0 Å². The lowest BCUT2D eigenvalue weighted by Crippen LogP contribution is -2.30. The number of rotatable bonds is 61. The van der Waals surface area contributed by atoms with Gasteiger partial charge in [0.25, 0.3) is 0 Å². The molecule has 0 spiro atoms. The van der Waals surface area contributed by atoms with Crippen molar-refractivity contribution in [3.8, 4) is 0 Å². The van der Waals surface area contributed by atoms with Crippen LogP contribution < -0.4 is 0 Å². The molecule has 6 heteroatoms. The van der Waals surface area contributed by atoms with Crippen LogP contribution in [0.5, 0.6) is 0 Å². The Morgan fingerprint density at radius 2 is 0.486 bits per heavy atom. The highest BCUT2D eigenvalue weighted by Gasteiger charge is 2.19. The van der Waals surface area contributed by atoms with E-state index in [1.165, 1.54) is 244 Å². The van der Waals surface area contributed by atoms with Gasteiger partial charge in [0, 0.05) is 19.3 Å². The van der Waals surface area contributed by atoms with E-state index in [1.807, 2.05) is 0 Å². The minimum Gasteiger partial charge on any atom is -0.462 e. The Bertz CT molecular complexity index is 1240. The predicted octanol–water partition coefficient (Wildman–Crippen LogP) is 22.4. The van der Waals surface area contributed by atoms with Crippen LogP contribution >= 0.6 is 0 Å². The van der Waals surface area contributed by atoms with Crippen LogP contribution in [0.4, 0.5) is 0 Å². The second-order valence-electron chi connectivity index (χ2n) is 22.4. The summed E-state index contributed by atoms with van der Waals surface area (Å²) in [5.74, 6) is -0.875. The molecular formula is C68H126O6. The molecule has 434 valence electrons. The zero-order valence-corrected chi connectivity index (χ0v) is 49.9. The van der Waals surface area contributed by atoms with Gasteiger partial charge in [-0.05, 0) is 77.0 Å². The summed E-state index contributed by atoms with van der Waals surface area (Å²) in [7, 11) is 0. The van der Waals surface area contributed by atoms with Crippen molar-refractivity contribution >= 4 is 17.9 Å². The number of hydrogen-bond donors (Lipinski definition) is 0. The van der Waals surface area contributed by atoms with Gasteiger partial charge >= 0.3 is 17.9 Å². The van der Waals surface area contributed by atoms with E-state index in [1.54, 1.807) is 0 Å². The maximum absolute atomic E-state index is 12.8. The molecule has 74 heavy (non-hydrogen) atoms. The first-order valence-electron chi connectivity index (χ1n) is 33.0. The minimum atomic E-state index is -0.774. The van der Waals surface area contributed by atoms with Crippen molar-refractivity contribution in [2.24, 2.45) is 0 Å². The Kier molecular flexibility index (Phi) is 61.1. The molecule has 0 aromatic carbocycles. The van der Waals surface area contributed by atoms with E-state index in [-0.39, 0.29) is 31.1 Å². The smallest absolute Gasteiger partial charge is 0.306 e. The molecule has 0 amide bonds. The normalized spacial score (nSPS) is 12.2. The average Bonchev–Trinajstić information content (AvgIpc) is 3.40. The van der Waals surface area contributed by atoms with Gasteiger partial charge in [-0.3, -0.25) is 14.4 Å². The Balaban J connectivity index is 3.96. The van der Waals surface area contributed by atoms with E-state index in [2.05, 4.69) is 57.2 Å². The van der Waals surface area contributed by atoms with Crippen molar-refractivity contribution in [3.05, 3.63) is 36.5 Å². The highest BCUT2D eigenvalue weighted by molar-refractivity contribution is 5.71. The third-order valence-corrected chi connectivity index (χ3v) is 14.9. The van der Waals surface area contributed by atoms with Crippen molar-refractivity contribution in [2.75, 3.05) is 13.2 Å². The molecule has 0 saturated carbocycles. The second kappa shape index (κ2) is 63.2. The van der Waals surface area contributed by atoms with Gasteiger partial charge in [0.2, 0.25) is 0 Å². The highest BCUT2D eigenvalue weighted by Crippen LogP contribution is 2.18. The van der Waals surface area contributed by atoms with Crippen molar-refractivity contribution in [1.82, 2.24) is 0 Å². The number of allylic oxidation sites excluding steroid dienone is 6. The Morgan fingerprint density at radius 3 is 0.770 bits per heavy atom. The Hall–Kier alpha value is -2.37. The van der Waals surface area contributed by atoms with Crippen molar-refractivity contribution < 1.29 is 28.6 Å².